The van der Waals surface area contributed by atoms with Gasteiger partial charge in [0.1, 0.15) is 18.2 Å². The van der Waals surface area contributed by atoms with Gasteiger partial charge in [0.25, 0.3) is 11.5 Å². The Morgan fingerprint density at radius 2 is 1.76 bits per heavy atom. The fourth-order valence-electron chi connectivity index (χ4n) is 5.78. The maximum Gasteiger partial charge on any atom is 0.271 e. The molecule has 4 aromatic carbocycles. The van der Waals surface area contributed by atoms with E-state index in [0.717, 1.165) is 16.7 Å². The minimum atomic E-state index is -0.733. The van der Waals surface area contributed by atoms with Crippen molar-refractivity contribution in [3.05, 3.63) is 150 Å². The molecule has 1 aromatic heterocycles. The lowest BCUT2D eigenvalue weighted by Gasteiger charge is -2.25. The molecule has 1 atom stereocenters. The smallest absolute Gasteiger partial charge is 0.271 e. The van der Waals surface area contributed by atoms with Crippen LogP contribution in [0.25, 0.3) is 6.08 Å². The summed E-state index contributed by atoms with van der Waals surface area (Å²) in [5.41, 5.74) is 5.19. The van der Waals surface area contributed by atoms with E-state index in [1.807, 2.05) is 69.3 Å². The number of methoxy groups -OCH3 is 1. The van der Waals surface area contributed by atoms with Gasteiger partial charge < -0.3 is 19.5 Å². The Morgan fingerprint density at radius 1 is 0.980 bits per heavy atom. The van der Waals surface area contributed by atoms with Crippen LogP contribution in [0.4, 0.5) is 10.1 Å². The van der Waals surface area contributed by atoms with Gasteiger partial charge in [0.15, 0.2) is 16.3 Å². The first kappa shape index (κ1) is 33.4. The average Bonchev–Trinajstić information content (AvgIpc) is 3.39. The predicted molar refractivity (Wildman–Crippen MR) is 190 cm³/mol. The van der Waals surface area contributed by atoms with E-state index in [4.69, 9.17) is 19.2 Å². The lowest BCUT2D eigenvalue weighted by Crippen LogP contribution is -2.40. The Morgan fingerprint density at radius 3 is 2.47 bits per heavy atom. The van der Waals surface area contributed by atoms with E-state index in [2.05, 4.69) is 5.32 Å². The van der Waals surface area contributed by atoms with Crippen LogP contribution in [0.5, 0.6) is 17.2 Å². The zero-order valence-corrected chi connectivity index (χ0v) is 28.7. The van der Waals surface area contributed by atoms with Gasteiger partial charge in [-0.2, -0.15) is 0 Å². The van der Waals surface area contributed by atoms with Gasteiger partial charge in [-0.05, 0) is 86.9 Å². The third kappa shape index (κ3) is 7.05. The minimum absolute atomic E-state index is 0.0365. The van der Waals surface area contributed by atoms with Crippen LogP contribution in [-0.4, -0.2) is 24.2 Å². The van der Waals surface area contributed by atoms with Gasteiger partial charge in [-0.25, -0.2) is 9.38 Å². The number of fused-ring (bicyclic) bond motifs is 1. The van der Waals surface area contributed by atoms with E-state index in [-0.39, 0.29) is 23.9 Å². The van der Waals surface area contributed by atoms with Crippen molar-refractivity contribution in [3.63, 3.8) is 0 Å². The molecule has 0 saturated carbocycles. The largest absolute Gasteiger partial charge is 0.497 e. The molecule has 10 heteroatoms. The number of ether oxygens (including phenoxy) is 3. The first-order valence-corrected chi connectivity index (χ1v) is 16.7. The molecule has 8 nitrogen and oxygen atoms in total. The second-order valence-corrected chi connectivity index (χ2v) is 12.7. The van der Waals surface area contributed by atoms with Gasteiger partial charge in [-0.3, -0.25) is 14.2 Å². The molecule has 0 radical (unpaired) electrons. The number of anilines is 1. The summed E-state index contributed by atoms with van der Waals surface area (Å²) in [5.74, 6) is 0.901. The summed E-state index contributed by atoms with van der Waals surface area (Å²) >= 11 is 1.24. The van der Waals surface area contributed by atoms with Crippen molar-refractivity contribution in [1.82, 2.24) is 4.57 Å². The number of aryl methyl sites for hydroxylation is 2. The van der Waals surface area contributed by atoms with E-state index < -0.39 is 6.04 Å². The van der Waals surface area contributed by atoms with Crippen LogP contribution >= 0.6 is 11.3 Å². The molecule has 5 aromatic rings. The number of rotatable bonds is 10. The summed E-state index contributed by atoms with van der Waals surface area (Å²) in [6.45, 7) is 8.01. The topological polar surface area (TPSA) is 91.2 Å². The Hall–Kier alpha value is -5.48. The first-order valence-electron chi connectivity index (χ1n) is 15.8. The van der Waals surface area contributed by atoms with Crippen molar-refractivity contribution < 1.29 is 23.4 Å². The summed E-state index contributed by atoms with van der Waals surface area (Å²) in [7, 11) is 1.59. The Labute approximate surface area is 287 Å². The van der Waals surface area contributed by atoms with Crippen molar-refractivity contribution in [2.75, 3.05) is 19.0 Å². The third-order valence-electron chi connectivity index (χ3n) is 8.23. The van der Waals surface area contributed by atoms with Crippen molar-refractivity contribution in [2.45, 2.75) is 40.3 Å². The monoisotopic (exact) mass is 677 g/mol. The van der Waals surface area contributed by atoms with Crippen LogP contribution in [0.15, 0.2) is 106 Å². The molecule has 1 amide bonds. The normalized spacial score (nSPS) is 14.2. The van der Waals surface area contributed by atoms with Crippen molar-refractivity contribution in [3.8, 4) is 17.2 Å². The highest BCUT2D eigenvalue weighted by molar-refractivity contribution is 7.07. The van der Waals surface area contributed by atoms with Gasteiger partial charge in [-0.1, -0.05) is 65.4 Å². The third-order valence-corrected chi connectivity index (χ3v) is 9.22. The first-order chi connectivity index (χ1) is 23.7. The number of hydrogen-bond donors (Lipinski definition) is 1. The molecular formula is C39H36FN3O5S. The molecule has 6 rings (SSSR count). The van der Waals surface area contributed by atoms with Gasteiger partial charge in [0.2, 0.25) is 0 Å². The lowest BCUT2D eigenvalue weighted by molar-refractivity contribution is -0.113. The molecule has 0 bridgehead atoms. The van der Waals surface area contributed by atoms with E-state index in [1.54, 1.807) is 55.0 Å². The molecular weight excluding hydrogens is 642 g/mol. The van der Waals surface area contributed by atoms with E-state index in [0.29, 0.717) is 61.3 Å². The second kappa shape index (κ2) is 14.3. The molecule has 0 unspecified atom stereocenters. The van der Waals surface area contributed by atoms with Crippen molar-refractivity contribution in [1.29, 1.82) is 0 Å². The van der Waals surface area contributed by atoms with Crippen LogP contribution in [0, 0.1) is 19.7 Å². The number of allylic oxidation sites excluding steroid dienone is 1. The number of nitrogens with one attached hydrogen (secondary N) is 1. The molecule has 250 valence electrons. The summed E-state index contributed by atoms with van der Waals surface area (Å²) in [4.78, 5) is 33.5. The summed E-state index contributed by atoms with van der Waals surface area (Å²) in [6, 6.07) is 24.2. The number of halogens is 1. The molecule has 0 aliphatic carbocycles. The van der Waals surface area contributed by atoms with Crippen LogP contribution in [0.2, 0.25) is 0 Å². The molecule has 2 heterocycles. The lowest BCUT2D eigenvalue weighted by atomic mass is 9.95. The minimum Gasteiger partial charge on any atom is -0.497 e. The summed E-state index contributed by atoms with van der Waals surface area (Å²) < 4.78 is 33.4. The zero-order valence-electron chi connectivity index (χ0n) is 27.9. The average molecular weight is 678 g/mol. The maximum atomic E-state index is 14.2. The maximum absolute atomic E-state index is 14.2. The number of thiazole rings is 1. The molecule has 0 spiro atoms. The quantitative estimate of drug-likeness (QED) is 0.180. The predicted octanol–water partition coefficient (Wildman–Crippen LogP) is 6.62. The standard InChI is InChI=1S/C39H36FN3O5S/c1-6-47-33-20-26(12-18-32(33)48-22-28-9-7-8-10-30(28)40)21-34-38(45)43-36(27-13-15-29(46-5)16-14-27)35(25(4)41-39(43)49-34)37(44)42-31-17-11-23(2)19-24(31)3/h7-21,36H,6,22H2,1-5H3,(H,42,44)/b34-21+/t36-/m1/s1. The highest BCUT2D eigenvalue weighted by atomic mass is 32.1. The fraction of sp³-hybridized carbons (Fsp3) is 0.205. The van der Waals surface area contributed by atoms with Crippen molar-refractivity contribution in [2.24, 2.45) is 4.99 Å². The molecule has 1 N–H and O–H groups in total. The van der Waals surface area contributed by atoms with Crippen LogP contribution in [0.3, 0.4) is 0 Å². The van der Waals surface area contributed by atoms with Gasteiger partial charge in [-0.15, -0.1) is 0 Å². The van der Waals surface area contributed by atoms with Gasteiger partial charge >= 0.3 is 0 Å². The Bertz CT molecular complexity index is 2260. The van der Waals surface area contributed by atoms with Crippen LogP contribution < -0.4 is 34.4 Å². The highest BCUT2D eigenvalue weighted by Gasteiger charge is 2.32. The molecule has 1 aliphatic rings. The summed E-state index contributed by atoms with van der Waals surface area (Å²) in [5, 5.41) is 3.06. The molecule has 49 heavy (non-hydrogen) atoms. The van der Waals surface area contributed by atoms with Crippen LogP contribution in [-0.2, 0) is 11.4 Å². The number of benzene rings is 4. The highest BCUT2D eigenvalue weighted by Crippen LogP contribution is 2.33. The molecule has 0 fully saturated rings. The molecule has 1 aliphatic heterocycles. The van der Waals surface area contributed by atoms with Crippen molar-refractivity contribution >= 4 is 29.0 Å². The number of carbonyl (C=O) groups excluding carboxylic acids is 1. The second-order valence-electron chi connectivity index (χ2n) is 11.6. The Balaban J connectivity index is 1.40. The summed E-state index contributed by atoms with van der Waals surface area (Å²) in [6.07, 6.45) is 1.77. The fourth-order valence-corrected chi connectivity index (χ4v) is 6.83. The number of nitrogens with zero attached hydrogens (tertiary/aromatic N) is 2. The van der Waals surface area contributed by atoms with Crippen LogP contribution in [0.1, 0.15) is 47.7 Å². The van der Waals surface area contributed by atoms with Gasteiger partial charge in [0, 0.05) is 11.3 Å². The number of hydrogen-bond acceptors (Lipinski definition) is 7. The number of amides is 1. The van der Waals surface area contributed by atoms with Gasteiger partial charge in [0.05, 0.1) is 35.6 Å². The molecule has 0 saturated heterocycles. The zero-order chi connectivity index (χ0) is 34.7. The Kier molecular flexibility index (Phi) is 9.77. The van der Waals surface area contributed by atoms with E-state index in [1.165, 1.54) is 17.4 Å². The van der Waals surface area contributed by atoms with E-state index in [9.17, 15) is 14.0 Å². The van der Waals surface area contributed by atoms with E-state index >= 15 is 0 Å². The SMILES string of the molecule is CCOc1cc(/C=c2/sc3n(c2=O)[C@H](c2ccc(OC)cc2)C(C(=O)Nc2ccc(C)cc2C)=C(C)N=3)ccc1OCc1ccccc1F. The number of aromatic nitrogens is 1. The number of carbonyl (C=O) groups is 1.